The Morgan fingerprint density at radius 2 is 1.71 bits per heavy atom. The first-order valence-electron chi connectivity index (χ1n) is 8.33. The number of nitrogens with two attached hydrogens (primary N) is 1. The third-order valence-corrected chi connectivity index (χ3v) is 5.67. The fraction of sp³-hybridized carbons (Fsp3) is 0.667. The average Bonchev–Trinajstić information content (AvgIpc) is 2.73. The number of halogens is 1. The highest BCUT2D eigenvalue weighted by molar-refractivity contribution is 6.33. The summed E-state index contributed by atoms with van der Waals surface area (Å²) >= 11 is 6.71. The van der Waals surface area contributed by atoms with Crippen LogP contribution in [0.3, 0.4) is 0 Å². The van der Waals surface area contributed by atoms with Crippen molar-refractivity contribution in [3.05, 3.63) is 27.8 Å². The number of methoxy groups -OCH3 is 1. The Hall–Kier alpha value is -0.730. The number of hydrogen-bond acceptors (Lipinski definition) is 2. The summed E-state index contributed by atoms with van der Waals surface area (Å²) in [6.45, 7) is 0. The maximum absolute atomic E-state index is 6.76. The lowest BCUT2D eigenvalue weighted by Gasteiger charge is -2.36. The van der Waals surface area contributed by atoms with E-state index in [9.17, 15) is 0 Å². The molecule has 0 amide bonds. The van der Waals surface area contributed by atoms with Crippen LogP contribution >= 0.6 is 11.6 Å². The molecule has 0 unspecified atom stereocenters. The molecule has 1 saturated carbocycles. The Kier molecular flexibility index (Phi) is 4.46. The summed E-state index contributed by atoms with van der Waals surface area (Å²) in [4.78, 5) is 0. The monoisotopic (exact) mass is 307 g/mol. The predicted octanol–water partition coefficient (Wildman–Crippen LogP) is 4.74. The third kappa shape index (κ3) is 2.80. The molecule has 0 aliphatic heterocycles. The van der Waals surface area contributed by atoms with Crippen LogP contribution < -0.4 is 10.5 Å². The first-order valence-corrected chi connectivity index (χ1v) is 8.71. The molecule has 21 heavy (non-hydrogen) atoms. The van der Waals surface area contributed by atoms with Crippen LogP contribution in [0.4, 0.5) is 0 Å². The zero-order valence-electron chi connectivity index (χ0n) is 13.0. The molecule has 0 atom stereocenters. The van der Waals surface area contributed by atoms with Crippen molar-refractivity contribution in [3.63, 3.8) is 0 Å². The number of aryl methyl sites for hydroxylation is 1. The fourth-order valence-electron chi connectivity index (χ4n) is 4.03. The molecule has 1 aromatic carbocycles. The minimum Gasteiger partial charge on any atom is -0.495 e. The average molecular weight is 308 g/mol. The van der Waals surface area contributed by atoms with Crippen molar-refractivity contribution in [1.82, 2.24) is 0 Å². The molecule has 116 valence electrons. The molecular formula is C18H26ClNO. The van der Waals surface area contributed by atoms with Gasteiger partial charge in [-0.25, -0.2) is 0 Å². The van der Waals surface area contributed by atoms with Crippen molar-refractivity contribution in [2.75, 3.05) is 7.11 Å². The predicted molar refractivity (Wildman–Crippen MR) is 88.2 cm³/mol. The van der Waals surface area contributed by atoms with Crippen molar-refractivity contribution in [3.8, 4) is 5.75 Å². The molecule has 2 nitrogen and oxygen atoms in total. The molecule has 0 bridgehead atoms. The van der Waals surface area contributed by atoms with Crippen LogP contribution in [0.1, 0.15) is 68.1 Å². The van der Waals surface area contributed by atoms with Crippen LogP contribution in [0.2, 0.25) is 5.02 Å². The first-order chi connectivity index (χ1) is 10.2. The van der Waals surface area contributed by atoms with Crippen molar-refractivity contribution in [2.45, 2.75) is 69.7 Å². The van der Waals surface area contributed by atoms with Gasteiger partial charge < -0.3 is 10.5 Å². The minimum absolute atomic E-state index is 0.255. The summed E-state index contributed by atoms with van der Waals surface area (Å²) in [5.41, 5.74) is 10.4. The van der Waals surface area contributed by atoms with E-state index in [0.717, 1.165) is 42.0 Å². The standard InChI is InChI=1S/C18H26ClNO/c1-21-17-15(18(20)10-6-3-7-11-18)12-13-8-4-2-5-9-14(13)16(17)19/h12H,2-11,20H2,1H3. The van der Waals surface area contributed by atoms with Gasteiger partial charge in [-0.3, -0.25) is 0 Å². The zero-order valence-corrected chi connectivity index (χ0v) is 13.8. The van der Waals surface area contributed by atoms with Crippen molar-refractivity contribution >= 4 is 11.6 Å². The van der Waals surface area contributed by atoms with E-state index >= 15 is 0 Å². The lowest BCUT2D eigenvalue weighted by Crippen LogP contribution is -2.39. The highest BCUT2D eigenvalue weighted by Crippen LogP contribution is 2.45. The van der Waals surface area contributed by atoms with Gasteiger partial charge in [0.1, 0.15) is 5.75 Å². The summed E-state index contributed by atoms with van der Waals surface area (Å²) in [5, 5.41) is 0.822. The van der Waals surface area contributed by atoms with Gasteiger partial charge in [-0.05, 0) is 55.7 Å². The van der Waals surface area contributed by atoms with E-state index in [2.05, 4.69) is 6.07 Å². The molecule has 1 aromatic rings. The van der Waals surface area contributed by atoms with Crippen molar-refractivity contribution in [2.24, 2.45) is 5.73 Å². The van der Waals surface area contributed by atoms with Gasteiger partial charge in [0.15, 0.2) is 0 Å². The Morgan fingerprint density at radius 1 is 1.05 bits per heavy atom. The quantitative estimate of drug-likeness (QED) is 0.801. The molecule has 3 heteroatoms. The van der Waals surface area contributed by atoms with Crippen LogP contribution in [0, 0.1) is 0 Å². The maximum Gasteiger partial charge on any atom is 0.142 e. The Morgan fingerprint density at radius 3 is 2.43 bits per heavy atom. The molecule has 2 N–H and O–H groups in total. The molecule has 2 aliphatic carbocycles. The normalized spacial score (nSPS) is 21.5. The van der Waals surface area contributed by atoms with Gasteiger partial charge in [0.2, 0.25) is 0 Å². The number of ether oxygens (including phenoxy) is 1. The topological polar surface area (TPSA) is 35.2 Å². The molecule has 0 saturated heterocycles. The first kappa shape index (κ1) is 15.2. The second-order valence-corrected chi connectivity index (χ2v) is 7.06. The van der Waals surface area contributed by atoms with E-state index in [-0.39, 0.29) is 5.54 Å². The number of rotatable bonds is 2. The van der Waals surface area contributed by atoms with Gasteiger partial charge in [-0.2, -0.15) is 0 Å². The van der Waals surface area contributed by atoms with E-state index in [1.807, 2.05) is 0 Å². The number of fused-ring (bicyclic) bond motifs is 1. The van der Waals surface area contributed by atoms with Gasteiger partial charge in [-0.15, -0.1) is 0 Å². The summed E-state index contributed by atoms with van der Waals surface area (Å²) in [6.07, 6.45) is 11.7. The molecular weight excluding hydrogens is 282 g/mol. The van der Waals surface area contributed by atoms with Gasteiger partial charge in [0, 0.05) is 11.1 Å². The summed E-state index contributed by atoms with van der Waals surface area (Å²) in [5.74, 6) is 0.835. The van der Waals surface area contributed by atoms with Gasteiger partial charge in [0.25, 0.3) is 0 Å². The highest BCUT2D eigenvalue weighted by Gasteiger charge is 2.34. The molecule has 0 radical (unpaired) electrons. The van der Waals surface area contributed by atoms with Crippen LogP contribution in [-0.4, -0.2) is 7.11 Å². The Balaban J connectivity index is 2.11. The zero-order chi connectivity index (χ0) is 14.9. The molecule has 0 aromatic heterocycles. The maximum atomic E-state index is 6.76. The molecule has 2 aliphatic rings. The summed E-state index contributed by atoms with van der Waals surface area (Å²) in [7, 11) is 1.72. The van der Waals surface area contributed by atoms with E-state index in [4.69, 9.17) is 22.1 Å². The van der Waals surface area contributed by atoms with Gasteiger partial charge >= 0.3 is 0 Å². The lowest BCUT2D eigenvalue weighted by molar-refractivity contribution is 0.288. The van der Waals surface area contributed by atoms with Crippen molar-refractivity contribution in [1.29, 1.82) is 0 Å². The third-order valence-electron chi connectivity index (χ3n) is 5.27. The second kappa shape index (κ2) is 6.18. The molecule has 0 heterocycles. The Labute approximate surface area is 133 Å². The summed E-state index contributed by atoms with van der Waals surface area (Å²) in [6, 6.07) is 2.32. The highest BCUT2D eigenvalue weighted by atomic mass is 35.5. The summed E-state index contributed by atoms with van der Waals surface area (Å²) < 4.78 is 5.69. The smallest absolute Gasteiger partial charge is 0.142 e. The van der Waals surface area contributed by atoms with E-state index in [1.54, 1.807) is 7.11 Å². The van der Waals surface area contributed by atoms with Crippen LogP contribution in [0.25, 0.3) is 0 Å². The molecule has 3 rings (SSSR count). The second-order valence-electron chi connectivity index (χ2n) is 6.69. The molecule has 1 fully saturated rings. The number of hydrogen-bond donors (Lipinski definition) is 1. The minimum atomic E-state index is -0.255. The Bertz CT molecular complexity index is 520. The van der Waals surface area contributed by atoms with Crippen LogP contribution in [0.5, 0.6) is 5.75 Å². The van der Waals surface area contributed by atoms with Crippen LogP contribution in [-0.2, 0) is 18.4 Å². The van der Waals surface area contributed by atoms with Crippen molar-refractivity contribution < 1.29 is 4.74 Å². The van der Waals surface area contributed by atoms with E-state index in [0.29, 0.717) is 0 Å². The van der Waals surface area contributed by atoms with E-state index < -0.39 is 0 Å². The number of benzene rings is 1. The lowest BCUT2D eigenvalue weighted by atomic mass is 9.76. The van der Waals surface area contributed by atoms with Gasteiger partial charge in [-0.1, -0.05) is 37.3 Å². The fourth-order valence-corrected chi connectivity index (χ4v) is 4.43. The molecule has 0 spiro atoms. The SMILES string of the molecule is COc1c(C2(N)CCCCC2)cc2c(c1Cl)CCCCC2. The largest absolute Gasteiger partial charge is 0.495 e. The van der Waals surface area contributed by atoms with Crippen LogP contribution in [0.15, 0.2) is 6.07 Å². The van der Waals surface area contributed by atoms with E-state index in [1.165, 1.54) is 49.7 Å². The van der Waals surface area contributed by atoms with Gasteiger partial charge in [0.05, 0.1) is 12.1 Å².